The molecular weight excluding hydrogens is 494 g/mol. The van der Waals surface area contributed by atoms with E-state index in [1.54, 1.807) is 30.3 Å². The number of hydrogen-bond donors (Lipinski definition) is 0. The van der Waals surface area contributed by atoms with Crippen LogP contribution in [0, 0.1) is 0 Å². The molecule has 1 amide bonds. The number of rotatable bonds is 6. The van der Waals surface area contributed by atoms with Crippen molar-refractivity contribution in [2.24, 2.45) is 0 Å². The molecule has 0 atom stereocenters. The third kappa shape index (κ3) is 4.76. The molecule has 2 fully saturated rings. The van der Waals surface area contributed by atoms with Gasteiger partial charge in [0, 0.05) is 32.4 Å². The number of thioether (sulfide) groups is 1. The SMILES string of the molecule is CCN1CCN(c2nc3ccccn3c(=O)c2C=C2SC(=S)N(Cc3ccc(OC)cc3)C2=O)CC1. The van der Waals surface area contributed by atoms with E-state index >= 15 is 0 Å². The lowest BCUT2D eigenvalue weighted by Gasteiger charge is -2.35. The average molecular weight is 522 g/mol. The zero-order chi connectivity index (χ0) is 25.2. The predicted molar refractivity (Wildman–Crippen MR) is 147 cm³/mol. The summed E-state index contributed by atoms with van der Waals surface area (Å²) in [5.41, 5.74) is 1.73. The van der Waals surface area contributed by atoms with Crippen LogP contribution in [-0.4, -0.2) is 69.2 Å². The van der Waals surface area contributed by atoms with Gasteiger partial charge in [0.15, 0.2) is 0 Å². The molecule has 2 aliphatic rings. The fourth-order valence-corrected chi connectivity index (χ4v) is 5.65. The number of amides is 1. The summed E-state index contributed by atoms with van der Waals surface area (Å²) in [6, 6.07) is 13.0. The van der Waals surface area contributed by atoms with E-state index < -0.39 is 0 Å². The Kier molecular flexibility index (Phi) is 7.08. The molecule has 2 aliphatic heterocycles. The highest BCUT2D eigenvalue weighted by molar-refractivity contribution is 8.26. The molecule has 4 heterocycles. The fourth-order valence-electron chi connectivity index (χ4n) is 4.42. The number of anilines is 1. The Morgan fingerprint density at radius 2 is 1.83 bits per heavy atom. The zero-order valence-corrected chi connectivity index (χ0v) is 21.8. The number of carbonyl (C=O) groups excluding carboxylic acids is 1. The van der Waals surface area contributed by atoms with E-state index in [4.69, 9.17) is 21.9 Å². The monoisotopic (exact) mass is 521 g/mol. The summed E-state index contributed by atoms with van der Waals surface area (Å²) >= 11 is 6.76. The number of nitrogens with zero attached hydrogens (tertiary/aromatic N) is 5. The minimum absolute atomic E-state index is 0.200. The maximum absolute atomic E-state index is 13.6. The van der Waals surface area contributed by atoms with Gasteiger partial charge < -0.3 is 14.5 Å². The van der Waals surface area contributed by atoms with Crippen LogP contribution < -0.4 is 15.2 Å². The van der Waals surface area contributed by atoms with Crippen molar-refractivity contribution in [3.63, 3.8) is 0 Å². The molecule has 3 aromatic rings. The predicted octanol–water partition coefficient (Wildman–Crippen LogP) is 3.25. The number of likely N-dealkylation sites (N-methyl/N-ethyl adjacent to an activating group) is 1. The van der Waals surface area contributed by atoms with Gasteiger partial charge in [0.2, 0.25) is 0 Å². The molecule has 1 aromatic carbocycles. The molecule has 2 saturated heterocycles. The number of benzene rings is 1. The molecule has 36 heavy (non-hydrogen) atoms. The van der Waals surface area contributed by atoms with Crippen LogP contribution in [-0.2, 0) is 11.3 Å². The van der Waals surface area contributed by atoms with Crippen LogP contribution in [0.15, 0.2) is 58.4 Å². The van der Waals surface area contributed by atoms with Crippen molar-refractivity contribution < 1.29 is 9.53 Å². The number of piperazine rings is 1. The minimum Gasteiger partial charge on any atom is -0.497 e. The van der Waals surface area contributed by atoms with Gasteiger partial charge >= 0.3 is 0 Å². The van der Waals surface area contributed by atoms with Gasteiger partial charge in [0.05, 0.1) is 24.1 Å². The Bertz CT molecular complexity index is 1390. The highest BCUT2D eigenvalue weighted by Crippen LogP contribution is 2.34. The first kappa shape index (κ1) is 24.5. The standard InChI is InChI=1S/C26H27N5O3S2/c1-3-28-12-14-29(15-13-28)23-20(24(32)30-11-5-4-6-22(30)27-23)16-21-25(33)31(26(35)36-21)17-18-7-9-19(34-2)10-8-18/h4-11,16H,3,12-15,17H2,1-2H3. The van der Waals surface area contributed by atoms with Crippen LogP contribution in [0.25, 0.3) is 11.7 Å². The molecule has 8 nitrogen and oxygen atoms in total. The van der Waals surface area contributed by atoms with Crippen LogP contribution in [0.3, 0.4) is 0 Å². The van der Waals surface area contributed by atoms with Crippen molar-refractivity contribution in [3.8, 4) is 5.75 Å². The lowest BCUT2D eigenvalue weighted by molar-refractivity contribution is -0.122. The van der Waals surface area contributed by atoms with Crippen molar-refractivity contribution in [3.05, 3.63) is 75.0 Å². The van der Waals surface area contributed by atoms with Gasteiger partial charge in [0.1, 0.15) is 21.5 Å². The lowest BCUT2D eigenvalue weighted by Crippen LogP contribution is -2.47. The second-order valence-corrected chi connectivity index (χ2v) is 10.3. The van der Waals surface area contributed by atoms with Crippen LogP contribution in [0.1, 0.15) is 18.1 Å². The normalized spacial score (nSPS) is 18.0. The van der Waals surface area contributed by atoms with E-state index in [9.17, 15) is 9.59 Å². The molecule has 186 valence electrons. The third-order valence-electron chi connectivity index (χ3n) is 6.52. The van der Waals surface area contributed by atoms with Gasteiger partial charge in [0.25, 0.3) is 11.5 Å². The number of carbonyl (C=O) groups is 1. The number of ether oxygens (including phenoxy) is 1. The molecule has 0 spiro atoms. The van der Waals surface area contributed by atoms with Crippen molar-refractivity contribution in [2.75, 3.05) is 44.7 Å². The lowest BCUT2D eigenvalue weighted by atomic mass is 10.2. The van der Waals surface area contributed by atoms with Gasteiger partial charge in [-0.1, -0.05) is 49.1 Å². The molecule has 5 rings (SSSR count). The van der Waals surface area contributed by atoms with Crippen LogP contribution >= 0.6 is 24.0 Å². The highest BCUT2D eigenvalue weighted by atomic mass is 32.2. The Labute approximate surface area is 219 Å². The molecule has 0 N–H and O–H groups in total. The molecule has 2 aromatic heterocycles. The quantitative estimate of drug-likeness (QED) is 0.362. The third-order valence-corrected chi connectivity index (χ3v) is 7.89. The smallest absolute Gasteiger partial charge is 0.267 e. The average Bonchev–Trinajstić information content (AvgIpc) is 3.18. The summed E-state index contributed by atoms with van der Waals surface area (Å²) < 4.78 is 7.21. The van der Waals surface area contributed by atoms with Crippen molar-refractivity contribution in [1.29, 1.82) is 0 Å². The topological polar surface area (TPSA) is 70.4 Å². The summed E-state index contributed by atoms with van der Waals surface area (Å²) in [7, 11) is 1.62. The van der Waals surface area contributed by atoms with E-state index in [1.165, 1.54) is 16.2 Å². The number of fused-ring (bicyclic) bond motifs is 1. The highest BCUT2D eigenvalue weighted by Gasteiger charge is 2.33. The van der Waals surface area contributed by atoms with E-state index in [0.717, 1.165) is 44.0 Å². The van der Waals surface area contributed by atoms with Gasteiger partial charge in [-0.15, -0.1) is 0 Å². The van der Waals surface area contributed by atoms with E-state index in [1.807, 2.05) is 36.4 Å². The van der Waals surface area contributed by atoms with Gasteiger partial charge in [-0.2, -0.15) is 0 Å². The number of hydrogen-bond acceptors (Lipinski definition) is 8. The molecule has 0 saturated carbocycles. The molecule has 0 bridgehead atoms. The van der Waals surface area contributed by atoms with E-state index in [2.05, 4.69) is 16.7 Å². The number of pyridine rings is 1. The van der Waals surface area contributed by atoms with E-state index in [0.29, 0.717) is 32.8 Å². The molecule has 0 aliphatic carbocycles. The second kappa shape index (κ2) is 10.4. The van der Waals surface area contributed by atoms with Crippen molar-refractivity contribution in [2.45, 2.75) is 13.5 Å². The van der Waals surface area contributed by atoms with Gasteiger partial charge in [-0.05, 0) is 42.4 Å². The Morgan fingerprint density at radius 3 is 2.53 bits per heavy atom. The molecule has 0 unspecified atom stereocenters. The Morgan fingerprint density at radius 1 is 1.08 bits per heavy atom. The molecular formula is C26H27N5O3S2. The number of methoxy groups -OCH3 is 1. The van der Waals surface area contributed by atoms with Crippen LogP contribution in [0.4, 0.5) is 5.82 Å². The van der Waals surface area contributed by atoms with E-state index in [-0.39, 0.29) is 11.5 Å². The maximum Gasteiger partial charge on any atom is 0.267 e. The largest absolute Gasteiger partial charge is 0.497 e. The Balaban J connectivity index is 1.50. The zero-order valence-electron chi connectivity index (χ0n) is 20.2. The summed E-state index contributed by atoms with van der Waals surface area (Å²) in [5.74, 6) is 1.16. The van der Waals surface area contributed by atoms with Crippen molar-refractivity contribution >= 4 is 51.7 Å². The molecule has 10 heteroatoms. The Hall–Kier alpha value is -3.21. The minimum atomic E-state index is -0.208. The second-order valence-electron chi connectivity index (χ2n) is 8.62. The summed E-state index contributed by atoms with van der Waals surface area (Å²) in [4.78, 5) is 38.3. The maximum atomic E-state index is 13.6. The summed E-state index contributed by atoms with van der Waals surface area (Å²) in [6.45, 7) is 6.82. The first-order valence-electron chi connectivity index (χ1n) is 11.9. The van der Waals surface area contributed by atoms with Gasteiger partial charge in [-0.3, -0.25) is 18.9 Å². The first-order valence-corrected chi connectivity index (χ1v) is 13.1. The van der Waals surface area contributed by atoms with Crippen LogP contribution in [0.5, 0.6) is 5.75 Å². The number of thiocarbonyl (C=S) groups is 1. The fraction of sp³-hybridized carbons (Fsp3) is 0.308. The first-order chi connectivity index (χ1) is 17.5. The van der Waals surface area contributed by atoms with Gasteiger partial charge in [-0.25, -0.2) is 4.98 Å². The summed E-state index contributed by atoms with van der Waals surface area (Å²) in [5, 5.41) is 0. The summed E-state index contributed by atoms with van der Waals surface area (Å²) in [6.07, 6.45) is 3.37. The van der Waals surface area contributed by atoms with Crippen molar-refractivity contribution in [1.82, 2.24) is 19.2 Å². The molecule has 0 radical (unpaired) electrons. The number of aromatic nitrogens is 2. The van der Waals surface area contributed by atoms with Crippen LogP contribution in [0.2, 0.25) is 0 Å².